The average molecular weight is 450 g/mol. The fourth-order valence-corrected chi connectivity index (χ4v) is 4.25. The number of ether oxygens (including phenoxy) is 1. The van der Waals surface area contributed by atoms with Crippen LogP contribution in [0.2, 0.25) is 0 Å². The Morgan fingerprint density at radius 1 is 1.00 bits per heavy atom. The van der Waals surface area contributed by atoms with Crippen LogP contribution in [0.25, 0.3) is 22.0 Å². The Hall–Kier alpha value is -3.29. The molecule has 4 rings (SSSR count). The van der Waals surface area contributed by atoms with Gasteiger partial charge in [-0.05, 0) is 77.1 Å². The average Bonchev–Trinajstić information content (AvgIpc) is 3.11. The fourth-order valence-electron chi connectivity index (χ4n) is 4.25. The number of esters is 1. The standard InChI is InChI=1S/C25H31N5O3/c1-16-11-18(19-13-26-17(2)27-14-19)12-20-22(24(32)29-9-7-6-8-10-29)28-30(23(16)20)15-21(31)33-25(3,4)5/h11-14H,6-10,15H2,1-5H3. The summed E-state index contributed by atoms with van der Waals surface area (Å²) in [6, 6.07) is 3.96. The van der Waals surface area contributed by atoms with Crippen molar-refractivity contribution >= 4 is 22.8 Å². The minimum Gasteiger partial charge on any atom is -0.459 e. The molecule has 0 atom stereocenters. The van der Waals surface area contributed by atoms with Gasteiger partial charge in [0, 0.05) is 36.4 Å². The zero-order chi connectivity index (χ0) is 23.8. The smallest absolute Gasteiger partial charge is 0.328 e. The zero-order valence-corrected chi connectivity index (χ0v) is 20.0. The molecule has 3 heterocycles. The molecule has 0 aliphatic carbocycles. The maximum absolute atomic E-state index is 13.5. The van der Waals surface area contributed by atoms with Gasteiger partial charge in [0.1, 0.15) is 18.0 Å². The highest BCUT2D eigenvalue weighted by Gasteiger charge is 2.27. The van der Waals surface area contributed by atoms with E-state index in [2.05, 4.69) is 15.1 Å². The van der Waals surface area contributed by atoms with Crippen molar-refractivity contribution in [3.63, 3.8) is 0 Å². The van der Waals surface area contributed by atoms with Crippen LogP contribution in [0.5, 0.6) is 0 Å². The number of fused-ring (bicyclic) bond motifs is 1. The third-order valence-electron chi connectivity index (χ3n) is 5.69. The highest BCUT2D eigenvalue weighted by molar-refractivity contribution is 6.07. The van der Waals surface area contributed by atoms with Crippen LogP contribution >= 0.6 is 0 Å². The summed E-state index contributed by atoms with van der Waals surface area (Å²) in [4.78, 5) is 36.5. The van der Waals surface area contributed by atoms with Crippen molar-refractivity contribution in [2.75, 3.05) is 13.1 Å². The minimum absolute atomic E-state index is 0.0606. The van der Waals surface area contributed by atoms with Crippen molar-refractivity contribution in [1.29, 1.82) is 0 Å². The van der Waals surface area contributed by atoms with Gasteiger partial charge < -0.3 is 9.64 Å². The molecule has 3 aromatic rings. The molecule has 0 N–H and O–H groups in total. The number of rotatable bonds is 4. The molecule has 0 bridgehead atoms. The van der Waals surface area contributed by atoms with E-state index in [1.807, 2.05) is 51.7 Å². The first-order chi connectivity index (χ1) is 15.6. The number of hydrogen-bond acceptors (Lipinski definition) is 6. The number of benzene rings is 1. The molecule has 0 spiro atoms. The van der Waals surface area contributed by atoms with Crippen molar-refractivity contribution in [1.82, 2.24) is 24.6 Å². The molecule has 174 valence electrons. The zero-order valence-electron chi connectivity index (χ0n) is 20.0. The topological polar surface area (TPSA) is 90.2 Å². The van der Waals surface area contributed by atoms with Crippen LogP contribution in [0.3, 0.4) is 0 Å². The molecule has 1 aliphatic rings. The number of piperidine rings is 1. The number of aryl methyl sites for hydroxylation is 2. The lowest BCUT2D eigenvalue weighted by Gasteiger charge is -2.26. The molecule has 8 heteroatoms. The van der Waals surface area contributed by atoms with E-state index in [0.29, 0.717) is 11.5 Å². The van der Waals surface area contributed by atoms with Gasteiger partial charge in [-0.15, -0.1) is 0 Å². The van der Waals surface area contributed by atoms with Crippen molar-refractivity contribution in [2.45, 2.75) is 66.0 Å². The fraction of sp³-hybridized carbons (Fsp3) is 0.480. The van der Waals surface area contributed by atoms with Gasteiger partial charge in [-0.1, -0.05) is 0 Å². The van der Waals surface area contributed by atoms with Gasteiger partial charge in [0.25, 0.3) is 5.91 Å². The van der Waals surface area contributed by atoms with Crippen molar-refractivity contribution in [2.24, 2.45) is 0 Å². The third kappa shape index (κ3) is 5.05. The van der Waals surface area contributed by atoms with Crippen LogP contribution < -0.4 is 0 Å². The Morgan fingerprint density at radius 3 is 2.30 bits per heavy atom. The van der Waals surface area contributed by atoms with Gasteiger partial charge in [0.05, 0.1) is 5.52 Å². The van der Waals surface area contributed by atoms with Crippen LogP contribution in [-0.2, 0) is 16.1 Å². The Balaban J connectivity index is 1.81. The summed E-state index contributed by atoms with van der Waals surface area (Å²) in [7, 11) is 0. The Bertz CT molecular complexity index is 1190. The summed E-state index contributed by atoms with van der Waals surface area (Å²) >= 11 is 0. The summed E-state index contributed by atoms with van der Waals surface area (Å²) in [6.07, 6.45) is 6.68. The number of carbonyl (C=O) groups is 2. The molecule has 1 saturated heterocycles. The SMILES string of the molecule is Cc1ncc(-c2cc(C)c3c(c2)c(C(=O)N2CCCCC2)nn3CC(=O)OC(C)(C)C)cn1. The monoisotopic (exact) mass is 449 g/mol. The second kappa shape index (κ2) is 8.92. The van der Waals surface area contributed by atoms with Crippen molar-refractivity contribution in [3.05, 3.63) is 41.6 Å². The normalized spacial score (nSPS) is 14.5. The highest BCUT2D eigenvalue weighted by atomic mass is 16.6. The molecule has 0 radical (unpaired) electrons. The Labute approximate surface area is 194 Å². The van der Waals surface area contributed by atoms with E-state index in [-0.39, 0.29) is 18.4 Å². The number of carbonyl (C=O) groups excluding carboxylic acids is 2. The van der Waals surface area contributed by atoms with Crippen LogP contribution in [0.1, 0.15) is 61.9 Å². The molecular formula is C25H31N5O3. The predicted octanol–water partition coefficient (Wildman–Crippen LogP) is 4.08. The van der Waals surface area contributed by atoms with Gasteiger partial charge in [-0.3, -0.25) is 14.3 Å². The van der Waals surface area contributed by atoms with E-state index >= 15 is 0 Å². The van der Waals surface area contributed by atoms with Crippen LogP contribution in [0, 0.1) is 13.8 Å². The van der Waals surface area contributed by atoms with Crippen molar-refractivity contribution < 1.29 is 14.3 Å². The first kappa shape index (κ1) is 22.9. The summed E-state index contributed by atoms with van der Waals surface area (Å²) in [5, 5.41) is 5.36. The Kier molecular flexibility index (Phi) is 6.19. The molecule has 0 saturated carbocycles. The minimum atomic E-state index is -0.597. The van der Waals surface area contributed by atoms with E-state index in [1.165, 1.54) is 0 Å². The quantitative estimate of drug-likeness (QED) is 0.558. The van der Waals surface area contributed by atoms with E-state index in [9.17, 15) is 9.59 Å². The highest BCUT2D eigenvalue weighted by Crippen LogP contribution is 2.30. The molecule has 2 aromatic heterocycles. The lowest BCUT2D eigenvalue weighted by molar-refractivity contribution is -0.155. The summed E-state index contributed by atoms with van der Waals surface area (Å²) in [6.45, 7) is 10.7. The number of aromatic nitrogens is 4. The summed E-state index contributed by atoms with van der Waals surface area (Å²) in [5.74, 6) is 0.210. The van der Waals surface area contributed by atoms with Gasteiger partial charge in [0.15, 0.2) is 5.69 Å². The van der Waals surface area contributed by atoms with Crippen LogP contribution in [0.15, 0.2) is 24.5 Å². The molecular weight excluding hydrogens is 418 g/mol. The van der Waals surface area contributed by atoms with Crippen molar-refractivity contribution in [3.8, 4) is 11.1 Å². The molecule has 1 amide bonds. The molecule has 1 aliphatic heterocycles. The van der Waals surface area contributed by atoms with Gasteiger partial charge in [0.2, 0.25) is 0 Å². The first-order valence-corrected chi connectivity index (χ1v) is 11.4. The number of hydrogen-bond donors (Lipinski definition) is 0. The number of amides is 1. The van der Waals surface area contributed by atoms with E-state index < -0.39 is 5.60 Å². The first-order valence-electron chi connectivity index (χ1n) is 11.4. The molecule has 33 heavy (non-hydrogen) atoms. The predicted molar refractivity (Wildman–Crippen MR) is 126 cm³/mol. The summed E-state index contributed by atoms with van der Waals surface area (Å²) in [5.41, 5.74) is 3.22. The summed E-state index contributed by atoms with van der Waals surface area (Å²) < 4.78 is 7.11. The molecule has 8 nitrogen and oxygen atoms in total. The maximum Gasteiger partial charge on any atom is 0.328 e. The van der Waals surface area contributed by atoms with E-state index in [4.69, 9.17) is 4.74 Å². The lowest BCUT2D eigenvalue weighted by Crippen LogP contribution is -2.36. The van der Waals surface area contributed by atoms with E-state index in [0.717, 1.165) is 59.9 Å². The van der Waals surface area contributed by atoms with Gasteiger partial charge in [-0.2, -0.15) is 5.10 Å². The van der Waals surface area contributed by atoms with E-state index in [1.54, 1.807) is 17.1 Å². The largest absolute Gasteiger partial charge is 0.459 e. The van der Waals surface area contributed by atoms with Gasteiger partial charge >= 0.3 is 5.97 Å². The van der Waals surface area contributed by atoms with Gasteiger partial charge in [-0.25, -0.2) is 9.97 Å². The maximum atomic E-state index is 13.5. The third-order valence-corrected chi connectivity index (χ3v) is 5.69. The lowest BCUT2D eigenvalue weighted by atomic mass is 10.0. The molecule has 1 aromatic carbocycles. The molecule has 1 fully saturated rings. The second-order valence-corrected chi connectivity index (χ2v) is 9.65. The van der Waals surface area contributed by atoms with Crippen LogP contribution in [0.4, 0.5) is 0 Å². The number of likely N-dealkylation sites (tertiary alicyclic amines) is 1. The molecule has 0 unspecified atom stereocenters. The second-order valence-electron chi connectivity index (χ2n) is 9.65. The number of nitrogens with zero attached hydrogens (tertiary/aromatic N) is 5. The Morgan fingerprint density at radius 2 is 1.67 bits per heavy atom. The van der Waals surface area contributed by atoms with Crippen LogP contribution in [-0.4, -0.2) is 55.2 Å².